The molecule has 1 unspecified atom stereocenters. The van der Waals surface area contributed by atoms with E-state index in [1.807, 2.05) is 56.1 Å². The average Bonchev–Trinajstić information content (AvgIpc) is 2.57. The van der Waals surface area contributed by atoms with Crippen LogP contribution in [0.15, 0.2) is 30.3 Å². The Bertz CT molecular complexity index is 601. The summed E-state index contributed by atoms with van der Waals surface area (Å²) in [4.78, 5) is 23.5. The fourth-order valence-corrected chi connectivity index (χ4v) is 3.02. The van der Waals surface area contributed by atoms with Crippen molar-refractivity contribution >= 4 is 12.2 Å². The maximum Gasteiger partial charge on any atom is 0.422 e. The van der Waals surface area contributed by atoms with Crippen LogP contribution in [0.25, 0.3) is 0 Å². The molecule has 144 valence electrons. The molecule has 1 aliphatic heterocycles. The number of benzene rings is 1. The van der Waals surface area contributed by atoms with E-state index >= 15 is 0 Å². The van der Waals surface area contributed by atoms with E-state index in [0.29, 0.717) is 26.2 Å². The Morgan fingerprint density at radius 1 is 1.31 bits per heavy atom. The molecule has 1 aliphatic rings. The van der Waals surface area contributed by atoms with Gasteiger partial charge in [-0.25, -0.2) is 19.6 Å². The summed E-state index contributed by atoms with van der Waals surface area (Å²) in [5.41, 5.74) is 0.419. The molecule has 0 aliphatic carbocycles. The lowest BCUT2D eigenvalue weighted by molar-refractivity contribution is -0.0429. The van der Waals surface area contributed by atoms with Gasteiger partial charge in [0.2, 0.25) is 0 Å². The molecule has 0 radical (unpaired) electrons. The SMILES string of the molecule is CC(C)(C)OC(=O)NCC1CCCN(N(Cc2ccccc2)C(=O)O)C1. The fraction of sp³-hybridized carbons (Fsp3) is 0.579. The molecular weight excluding hydrogens is 334 g/mol. The third-order valence-corrected chi connectivity index (χ3v) is 4.17. The zero-order chi connectivity index (χ0) is 19.2. The Kier molecular flexibility index (Phi) is 6.85. The number of piperidine rings is 1. The molecule has 2 rings (SSSR count). The Balaban J connectivity index is 1.90. The molecule has 0 saturated carbocycles. The molecule has 1 aromatic carbocycles. The molecule has 1 saturated heterocycles. The molecule has 0 spiro atoms. The molecule has 7 heteroatoms. The molecule has 1 fully saturated rings. The van der Waals surface area contributed by atoms with Crippen LogP contribution in [0.2, 0.25) is 0 Å². The van der Waals surface area contributed by atoms with Crippen LogP contribution in [0, 0.1) is 5.92 Å². The third-order valence-electron chi connectivity index (χ3n) is 4.17. The monoisotopic (exact) mass is 363 g/mol. The number of ether oxygens (including phenoxy) is 1. The lowest BCUT2D eigenvalue weighted by atomic mass is 9.99. The number of carbonyl (C=O) groups excluding carboxylic acids is 1. The Labute approximate surface area is 154 Å². The van der Waals surface area contributed by atoms with E-state index in [0.717, 1.165) is 18.4 Å². The first kappa shape index (κ1) is 20.0. The van der Waals surface area contributed by atoms with Gasteiger partial charge in [0.1, 0.15) is 5.60 Å². The van der Waals surface area contributed by atoms with Crippen molar-refractivity contribution in [2.45, 2.75) is 45.8 Å². The van der Waals surface area contributed by atoms with Crippen molar-refractivity contribution in [3.63, 3.8) is 0 Å². The molecule has 1 atom stereocenters. The molecule has 26 heavy (non-hydrogen) atoms. The first-order valence-electron chi connectivity index (χ1n) is 9.00. The summed E-state index contributed by atoms with van der Waals surface area (Å²) >= 11 is 0. The number of rotatable bonds is 5. The number of hydrazine groups is 1. The second-order valence-electron chi connectivity index (χ2n) is 7.63. The van der Waals surface area contributed by atoms with E-state index in [9.17, 15) is 14.7 Å². The molecule has 1 aromatic rings. The number of hydrogen-bond donors (Lipinski definition) is 2. The number of amides is 2. The van der Waals surface area contributed by atoms with Gasteiger partial charge in [-0.3, -0.25) is 0 Å². The van der Waals surface area contributed by atoms with Gasteiger partial charge >= 0.3 is 12.2 Å². The fourth-order valence-electron chi connectivity index (χ4n) is 3.02. The van der Waals surface area contributed by atoms with Gasteiger partial charge in [-0.05, 0) is 45.1 Å². The first-order valence-corrected chi connectivity index (χ1v) is 9.00. The highest BCUT2D eigenvalue weighted by Crippen LogP contribution is 2.19. The topological polar surface area (TPSA) is 82.1 Å². The summed E-state index contributed by atoms with van der Waals surface area (Å²) in [6, 6.07) is 9.55. The average molecular weight is 363 g/mol. The maximum absolute atomic E-state index is 11.8. The molecule has 7 nitrogen and oxygen atoms in total. The number of hydrogen-bond acceptors (Lipinski definition) is 4. The van der Waals surface area contributed by atoms with Crippen LogP contribution in [-0.2, 0) is 11.3 Å². The van der Waals surface area contributed by atoms with E-state index in [2.05, 4.69) is 5.32 Å². The maximum atomic E-state index is 11.8. The second-order valence-corrected chi connectivity index (χ2v) is 7.63. The van der Waals surface area contributed by atoms with E-state index in [4.69, 9.17) is 4.74 Å². The van der Waals surface area contributed by atoms with E-state index in [1.54, 1.807) is 0 Å². The standard InChI is InChI=1S/C19H29N3O4/c1-19(2,3)26-17(23)20-12-16-10-7-11-21(13-16)22(18(24)25)14-15-8-5-4-6-9-15/h4-6,8-9,16H,7,10-14H2,1-3H3,(H,20,23)(H,24,25). The number of carbonyl (C=O) groups is 2. The Morgan fingerprint density at radius 3 is 2.62 bits per heavy atom. The summed E-state index contributed by atoms with van der Waals surface area (Å²) in [5, 5.41) is 15.6. The van der Waals surface area contributed by atoms with Gasteiger partial charge in [0.05, 0.1) is 6.54 Å². The van der Waals surface area contributed by atoms with Crippen molar-refractivity contribution < 1.29 is 19.4 Å². The molecule has 2 N–H and O–H groups in total. The first-order chi connectivity index (χ1) is 12.2. The van der Waals surface area contributed by atoms with Crippen LogP contribution in [0.5, 0.6) is 0 Å². The summed E-state index contributed by atoms with van der Waals surface area (Å²) < 4.78 is 5.25. The van der Waals surface area contributed by atoms with E-state index < -0.39 is 17.8 Å². The minimum absolute atomic E-state index is 0.189. The van der Waals surface area contributed by atoms with Crippen molar-refractivity contribution in [2.75, 3.05) is 19.6 Å². The summed E-state index contributed by atoms with van der Waals surface area (Å²) in [7, 11) is 0. The highest BCUT2D eigenvalue weighted by atomic mass is 16.6. The van der Waals surface area contributed by atoms with Gasteiger partial charge in [-0.2, -0.15) is 0 Å². The molecule has 1 heterocycles. The molecule has 2 amide bonds. The van der Waals surface area contributed by atoms with Gasteiger partial charge < -0.3 is 15.2 Å². The van der Waals surface area contributed by atoms with Crippen LogP contribution in [-0.4, -0.2) is 52.5 Å². The lowest BCUT2D eigenvalue weighted by Crippen LogP contribution is -2.51. The van der Waals surface area contributed by atoms with Crippen LogP contribution in [0.3, 0.4) is 0 Å². The van der Waals surface area contributed by atoms with Gasteiger partial charge in [0.25, 0.3) is 0 Å². The minimum Gasteiger partial charge on any atom is -0.464 e. The predicted octanol–water partition coefficient (Wildman–Crippen LogP) is 3.32. The van der Waals surface area contributed by atoms with Crippen LogP contribution in [0.1, 0.15) is 39.2 Å². The lowest BCUT2D eigenvalue weighted by Gasteiger charge is -2.39. The van der Waals surface area contributed by atoms with Gasteiger partial charge in [0, 0.05) is 19.6 Å². The van der Waals surface area contributed by atoms with E-state index in [-0.39, 0.29) is 5.92 Å². The largest absolute Gasteiger partial charge is 0.464 e. The Morgan fingerprint density at radius 2 is 2.00 bits per heavy atom. The highest BCUT2D eigenvalue weighted by molar-refractivity contribution is 5.67. The number of nitrogens with zero attached hydrogens (tertiary/aromatic N) is 2. The third kappa shape index (κ3) is 6.55. The quantitative estimate of drug-likeness (QED) is 0.839. The number of carboxylic acid groups (broad SMARTS) is 1. The molecule has 0 bridgehead atoms. The van der Waals surface area contributed by atoms with Crippen molar-refractivity contribution in [1.82, 2.24) is 15.3 Å². The van der Waals surface area contributed by atoms with E-state index in [1.165, 1.54) is 5.01 Å². The number of alkyl carbamates (subject to hydrolysis) is 1. The zero-order valence-corrected chi connectivity index (χ0v) is 15.8. The minimum atomic E-state index is -0.963. The predicted molar refractivity (Wildman–Crippen MR) is 98.5 cm³/mol. The number of nitrogens with one attached hydrogen (secondary N) is 1. The van der Waals surface area contributed by atoms with Gasteiger partial charge in [-0.1, -0.05) is 30.3 Å². The van der Waals surface area contributed by atoms with Crippen molar-refractivity contribution in [3.05, 3.63) is 35.9 Å². The summed E-state index contributed by atoms with van der Waals surface area (Å²) in [5.74, 6) is 0.189. The van der Waals surface area contributed by atoms with Gasteiger partial charge in [0.15, 0.2) is 0 Å². The molecular formula is C19H29N3O4. The van der Waals surface area contributed by atoms with Crippen molar-refractivity contribution in [2.24, 2.45) is 5.92 Å². The Hall–Kier alpha value is -2.28. The van der Waals surface area contributed by atoms with Crippen LogP contribution in [0.4, 0.5) is 9.59 Å². The highest BCUT2D eigenvalue weighted by Gasteiger charge is 2.28. The van der Waals surface area contributed by atoms with Crippen molar-refractivity contribution in [3.8, 4) is 0 Å². The van der Waals surface area contributed by atoms with Crippen LogP contribution >= 0.6 is 0 Å². The van der Waals surface area contributed by atoms with Crippen molar-refractivity contribution in [1.29, 1.82) is 0 Å². The summed E-state index contributed by atoms with van der Waals surface area (Å²) in [6.07, 6.45) is 0.438. The van der Waals surface area contributed by atoms with Gasteiger partial charge in [-0.15, -0.1) is 0 Å². The second kappa shape index (κ2) is 8.89. The smallest absolute Gasteiger partial charge is 0.422 e. The zero-order valence-electron chi connectivity index (χ0n) is 15.8. The molecule has 0 aromatic heterocycles. The van der Waals surface area contributed by atoms with Crippen LogP contribution < -0.4 is 5.32 Å². The summed E-state index contributed by atoms with van der Waals surface area (Å²) in [6.45, 7) is 7.55. The normalized spacial score (nSPS) is 18.2.